The zero-order chi connectivity index (χ0) is 16.3. The van der Waals surface area contributed by atoms with Crippen molar-refractivity contribution in [1.82, 2.24) is 0 Å². The van der Waals surface area contributed by atoms with Crippen molar-refractivity contribution in [3.8, 4) is 28.7 Å². The van der Waals surface area contributed by atoms with E-state index in [9.17, 15) is 17.6 Å². The van der Waals surface area contributed by atoms with Crippen molar-refractivity contribution in [2.24, 2.45) is 0 Å². The molecule has 2 aromatic carbocycles. The molecule has 22 heavy (non-hydrogen) atoms. The molecule has 0 aliphatic carbocycles. The number of nitriles is 1. The number of halogens is 4. The van der Waals surface area contributed by atoms with Crippen LogP contribution in [0.3, 0.4) is 0 Å². The second-order valence-electron chi connectivity index (χ2n) is 4.19. The Morgan fingerprint density at radius 3 is 2.41 bits per heavy atom. The molecule has 0 aromatic heterocycles. The number of nitrogens with zero attached hydrogens (tertiary/aromatic N) is 1. The van der Waals surface area contributed by atoms with E-state index in [1.807, 2.05) is 0 Å². The lowest BCUT2D eigenvalue weighted by molar-refractivity contribution is -0.274. The Kier molecular flexibility index (Phi) is 4.22. The van der Waals surface area contributed by atoms with E-state index in [2.05, 4.69) is 4.74 Å². The summed E-state index contributed by atoms with van der Waals surface area (Å²) in [6.45, 7) is 0. The molecule has 0 saturated heterocycles. The van der Waals surface area contributed by atoms with Crippen LogP contribution < -0.4 is 9.47 Å². The summed E-state index contributed by atoms with van der Waals surface area (Å²) in [6.07, 6.45) is -4.95. The molecular weight excluding hydrogens is 302 g/mol. The van der Waals surface area contributed by atoms with E-state index in [0.29, 0.717) is 0 Å². The van der Waals surface area contributed by atoms with E-state index in [1.54, 1.807) is 6.07 Å². The minimum atomic E-state index is -4.95. The summed E-state index contributed by atoms with van der Waals surface area (Å²) in [5.41, 5.74) is -0.130. The predicted molar refractivity (Wildman–Crippen MR) is 69.8 cm³/mol. The second-order valence-corrected chi connectivity index (χ2v) is 4.19. The Labute approximate surface area is 123 Å². The number of alkyl halides is 3. The second kappa shape index (κ2) is 5.93. The molecule has 114 valence electrons. The van der Waals surface area contributed by atoms with Crippen LogP contribution in [0.4, 0.5) is 17.6 Å². The highest BCUT2D eigenvalue weighted by Crippen LogP contribution is 2.34. The van der Waals surface area contributed by atoms with E-state index in [0.717, 1.165) is 12.1 Å². The van der Waals surface area contributed by atoms with Gasteiger partial charge in [0.25, 0.3) is 0 Å². The van der Waals surface area contributed by atoms with E-state index in [-0.39, 0.29) is 22.4 Å². The van der Waals surface area contributed by atoms with Crippen molar-refractivity contribution >= 4 is 0 Å². The first-order chi connectivity index (χ1) is 10.4. The number of hydrogen-bond acceptors (Lipinski definition) is 3. The highest BCUT2D eigenvalue weighted by molar-refractivity contribution is 5.69. The highest BCUT2D eigenvalue weighted by atomic mass is 19.4. The van der Waals surface area contributed by atoms with Gasteiger partial charge in [0.05, 0.1) is 12.7 Å². The molecule has 0 atom stereocenters. The van der Waals surface area contributed by atoms with Crippen LogP contribution in [0, 0.1) is 17.1 Å². The predicted octanol–water partition coefficient (Wildman–Crippen LogP) is 4.27. The number of benzene rings is 2. The Morgan fingerprint density at radius 2 is 1.82 bits per heavy atom. The quantitative estimate of drug-likeness (QED) is 0.795. The molecule has 0 fully saturated rings. The number of ether oxygens (including phenoxy) is 2. The van der Waals surface area contributed by atoms with Crippen LogP contribution in [-0.4, -0.2) is 13.5 Å². The molecule has 0 radical (unpaired) electrons. The van der Waals surface area contributed by atoms with Gasteiger partial charge >= 0.3 is 6.36 Å². The average Bonchev–Trinajstić information content (AvgIpc) is 2.46. The lowest BCUT2D eigenvalue weighted by Crippen LogP contribution is -2.17. The minimum absolute atomic E-state index is 0.0378. The van der Waals surface area contributed by atoms with Crippen molar-refractivity contribution in [2.75, 3.05) is 7.11 Å². The maximum absolute atomic E-state index is 14.2. The van der Waals surface area contributed by atoms with Crippen molar-refractivity contribution in [3.05, 3.63) is 47.8 Å². The summed E-state index contributed by atoms with van der Waals surface area (Å²) < 4.78 is 59.9. The maximum atomic E-state index is 14.2. The molecule has 2 rings (SSSR count). The maximum Gasteiger partial charge on any atom is 0.573 e. The molecule has 0 bridgehead atoms. The Morgan fingerprint density at radius 1 is 1.09 bits per heavy atom. The van der Waals surface area contributed by atoms with Gasteiger partial charge < -0.3 is 9.47 Å². The topological polar surface area (TPSA) is 42.2 Å². The third kappa shape index (κ3) is 3.28. The van der Waals surface area contributed by atoms with Gasteiger partial charge in [-0.05, 0) is 23.8 Å². The average molecular weight is 311 g/mol. The van der Waals surface area contributed by atoms with Crippen LogP contribution in [0.25, 0.3) is 11.1 Å². The third-order valence-corrected chi connectivity index (χ3v) is 2.82. The van der Waals surface area contributed by atoms with Crippen LogP contribution in [0.5, 0.6) is 11.5 Å². The summed E-state index contributed by atoms with van der Waals surface area (Å²) >= 11 is 0. The van der Waals surface area contributed by atoms with Gasteiger partial charge in [0, 0.05) is 5.56 Å². The molecule has 3 nitrogen and oxygen atoms in total. The molecule has 0 aliphatic heterocycles. The Balaban J connectivity index is 2.54. The lowest BCUT2D eigenvalue weighted by Gasteiger charge is -2.13. The summed E-state index contributed by atoms with van der Waals surface area (Å²) in [4.78, 5) is 0. The molecule has 0 heterocycles. The highest BCUT2D eigenvalue weighted by Gasteiger charge is 2.32. The fourth-order valence-electron chi connectivity index (χ4n) is 1.88. The first kappa shape index (κ1) is 15.6. The number of hydrogen-bond donors (Lipinski definition) is 0. The number of methoxy groups -OCH3 is 1. The van der Waals surface area contributed by atoms with Gasteiger partial charge in [0.15, 0.2) is 11.6 Å². The smallest absolute Gasteiger partial charge is 0.494 e. The first-order valence-electron chi connectivity index (χ1n) is 5.98. The van der Waals surface area contributed by atoms with Gasteiger partial charge in [0.1, 0.15) is 11.8 Å². The molecule has 0 unspecified atom stereocenters. The number of rotatable bonds is 3. The van der Waals surface area contributed by atoms with Crippen molar-refractivity contribution in [2.45, 2.75) is 6.36 Å². The molecule has 2 aromatic rings. The minimum Gasteiger partial charge on any atom is -0.494 e. The van der Waals surface area contributed by atoms with Gasteiger partial charge in [-0.1, -0.05) is 18.2 Å². The van der Waals surface area contributed by atoms with Crippen LogP contribution >= 0.6 is 0 Å². The van der Waals surface area contributed by atoms with Gasteiger partial charge in [-0.25, -0.2) is 4.39 Å². The van der Waals surface area contributed by atoms with E-state index < -0.39 is 17.9 Å². The molecule has 0 saturated carbocycles. The molecule has 0 spiro atoms. The zero-order valence-corrected chi connectivity index (χ0v) is 11.2. The van der Waals surface area contributed by atoms with Crippen LogP contribution in [0.2, 0.25) is 0 Å². The van der Waals surface area contributed by atoms with Crippen molar-refractivity contribution < 1.29 is 27.0 Å². The summed E-state index contributed by atoms with van der Waals surface area (Å²) in [7, 11) is 1.28. The van der Waals surface area contributed by atoms with E-state index >= 15 is 0 Å². The van der Waals surface area contributed by atoms with Gasteiger partial charge in [-0.2, -0.15) is 5.26 Å². The van der Waals surface area contributed by atoms with E-state index in [4.69, 9.17) is 10.00 Å². The normalized spacial score (nSPS) is 10.9. The first-order valence-corrected chi connectivity index (χ1v) is 5.98. The summed E-state index contributed by atoms with van der Waals surface area (Å²) in [5.74, 6) is -1.44. The summed E-state index contributed by atoms with van der Waals surface area (Å²) in [6, 6.07) is 9.29. The van der Waals surface area contributed by atoms with Crippen LogP contribution in [0.15, 0.2) is 36.4 Å². The zero-order valence-electron chi connectivity index (χ0n) is 11.2. The Hall–Kier alpha value is -2.75. The van der Waals surface area contributed by atoms with Gasteiger partial charge in [-0.15, -0.1) is 13.2 Å². The van der Waals surface area contributed by atoms with Crippen LogP contribution in [-0.2, 0) is 0 Å². The molecule has 0 N–H and O–H groups in total. The molecular formula is C15H9F4NO2. The van der Waals surface area contributed by atoms with Gasteiger partial charge in [0.2, 0.25) is 0 Å². The molecule has 0 amide bonds. The molecule has 0 aliphatic rings. The van der Waals surface area contributed by atoms with Crippen LogP contribution in [0.1, 0.15) is 5.56 Å². The van der Waals surface area contributed by atoms with Gasteiger partial charge in [-0.3, -0.25) is 0 Å². The van der Waals surface area contributed by atoms with Crippen molar-refractivity contribution in [3.63, 3.8) is 0 Å². The van der Waals surface area contributed by atoms with E-state index in [1.165, 1.54) is 31.4 Å². The monoisotopic (exact) mass is 311 g/mol. The fourth-order valence-corrected chi connectivity index (χ4v) is 1.88. The summed E-state index contributed by atoms with van der Waals surface area (Å²) in [5, 5.41) is 8.82. The fraction of sp³-hybridized carbons (Fsp3) is 0.133. The third-order valence-electron chi connectivity index (χ3n) is 2.82. The molecule has 7 heteroatoms. The van der Waals surface area contributed by atoms with Crippen molar-refractivity contribution in [1.29, 1.82) is 5.26 Å². The lowest BCUT2D eigenvalue weighted by atomic mass is 10.0. The SMILES string of the molecule is COc1cccc(-c2ccc(C#N)c(OC(F)(F)F)c2)c1F. The largest absolute Gasteiger partial charge is 0.573 e. The Bertz CT molecular complexity index is 735. The standard InChI is InChI=1S/C15H9F4NO2/c1-21-12-4-2-3-11(14(12)16)9-5-6-10(8-20)13(7-9)22-15(17,18)19/h2-7H,1H3.